The molecule has 90 valence electrons. The second kappa shape index (κ2) is 3.96. The molecule has 1 N–H and O–H groups in total. The Balaban J connectivity index is 3.01. The van der Waals surface area contributed by atoms with E-state index in [9.17, 15) is 18.4 Å². The van der Waals surface area contributed by atoms with Crippen LogP contribution in [0.1, 0.15) is 32.0 Å². The van der Waals surface area contributed by atoms with Gasteiger partial charge in [-0.1, -0.05) is 20.8 Å². The molecule has 1 rings (SSSR count). The van der Waals surface area contributed by atoms with Crippen molar-refractivity contribution in [1.29, 1.82) is 0 Å². The highest BCUT2D eigenvalue weighted by Crippen LogP contribution is 2.27. The Bertz CT molecular complexity index is 380. The lowest BCUT2D eigenvalue weighted by Crippen LogP contribution is -2.39. The van der Waals surface area contributed by atoms with E-state index in [0.29, 0.717) is 12.0 Å². The molecule has 2 nitrogen and oxygen atoms in total. The largest absolute Gasteiger partial charge is 0.482 e. The van der Waals surface area contributed by atoms with Gasteiger partial charge in [0.25, 0.3) is 0 Å². The lowest BCUT2D eigenvalue weighted by Gasteiger charge is -2.16. The van der Waals surface area contributed by atoms with Gasteiger partial charge in [0.05, 0.1) is 0 Å². The highest BCUT2D eigenvalue weighted by Gasteiger charge is 2.42. The second-order valence-corrected chi connectivity index (χ2v) is 5.00. The zero-order valence-corrected chi connectivity index (χ0v) is 9.47. The molecule has 0 aliphatic heterocycles. The summed E-state index contributed by atoms with van der Waals surface area (Å²) in [5.41, 5.74) is -0.430. The summed E-state index contributed by atoms with van der Waals surface area (Å²) in [7, 11) is 0. The van der Waals surface area contributed by atoms with Gasteiger partial charge in [-0.05, 0) is 17.9 Å². The van der Waals surface area contributed by atoms with Crippen LogP contribution in [0.15, 0.2) is 18.3 Å². The van der Waals surface area contributed by atoms with E-state index >= 15 is 0 Å². The number of pyridine rings is 1. The number of rotatable bonds is 1. The Hall–Kier alpha value is -1.26. The molecule has 0 amide bonds. The minimum absolute atomic E-state index is 0.0350. The summed E-state index contributed by atoms with van der Waals surface area (Å²) >= 11 is 0. The van der Waals surface area contributed by atoms with Crippen molar-refractivity contribution < 1.29 is 23.1 Å². The maximum absolute atomic E-state index is 12.3. The van der Waals surface area contributed by atoms with Gasteiger partial charge in [-0.15, -0.1) is 0 Å². The summed E-state index contributed by atoms with van der Waals surface area (Å²) < 4.78 is 37.2. The molecule has 0 fully saturated rings. The van der Waals surface area contributed by atoms with E-state index in [1.807, 2.05) is 20.8 Å². The van der Waals surface area contributed by atoms with Gasteiger partial charge in [0.15, 0.2) is 0 Å². The highest BCUT2D eigenvalue weighted by molar-refractivity contribution is 5.12. The summed E-state index contributed by atoms with van der Waals surface area (Å²) in [5, 5.41) is 9.22. The van der Waals surface area contributed by atoms with Gasteiger partial charge in [-0.3, -0.25) is 5.21 Å². The molecule has 1 aromatic heterocycles. The van der Waals surface area contributed by atoms with E-state index in [1.165, 1.54) is 6.07 Å². The Morgan fingerprint density at radius 1 is 1.19 bits per heavy atom. The molecule has 0 spiro atoms. The topological polar surface area (TPSA) is 24.1 Å². The van der Waals surface area contributed by atoms with Crippen molar-refractivity contribution >= 4 is 0 Å². The van der Waals surface area contributed by atoms with Gasteiger partial charge in [-0.2, -0.15) is 13.2 Å². The van der Waals surface area contributed by atoms with E-state index in [1.54, 1.807) is 0 Å². The van der Waals surface area contributed by atoms with Gasteiger partial charge in [0.1, 0.15) is 0 Å². The van der Waals surface area contributed by atoms with Crippen molar-refractivity contribution in [2.75, 3.05) is 0 Å². The Kier molecular flexibility index (Phi) is 3.17. The number of nitrogens with zero attached hydrogens (tertiary/aromatic N) is 1. The van der Waals surface area contributed by atoms with E-state index in [0.717, 1.165) is 12.3 Å². The average molecular weight is 234 g/mol. The third-order valence-electron chi connectivity index (χ3n) is 2.02. The van der Waals surface area contributed by atoms with Crippen LogP contribution < -0.4 is 4.73 Å². The number of aromatic nitrogens is 1. The minimum Gasteiger partial charge on any atom is -0.285 e. The SMILES string of the molecule is CC(C)(C)Cc1ccc(C(F)(F)F)[n+](O)c1. The molecule has 0 aliphatic rings. The first-order valence-corrected chi connectivity index (χ1v) is 4.91. The Labute approximate surface area is 92.3 Å². The molecule has 0 bridgehead atoms. The van der Waals surface area contributed by atoms with Crippen molar-refractivity contribution in [1.82, 2.24) is 0 Å². The first kappa shape index (κ1) is 12.8. The zero-order valence-electron chi connectivity index (χ0n) is 9.47. The predicted octanol–water partition coefficient (Wildman–Crippen LogP) is 2.82. The van der Waals surface area contributed by atoms with Crippen LogP contribution in [0.3, 0.4) is 0 Å². The van der Waals surface area contributed by atoms with Crippen LogP contribution in [-0.4, -0.2) is 5.21 Å². The summed E-state index contributed by atoms with van der Waals surface area (Å²) in [6, 6.07) is 2.28. The maximum atomic E-state index is 12.3. The van der Waals surface area contributed by atoms with Crippen LogP contribution in [0.5, 0.6) is 0 Å². The normalized spacial score (nSPS) is 12.9. The van der Waals surface area contributed by atoms with Gasteiger partial charge < -0.3 is 0 Å². The van der Waals surface area contributed by atoms with Crippen molar-refractivity contribution in [3.63, 3.8) is 0 Å². The van der Waals surface area contributed by atoms with E-state index in [2.05, 4.69) is 0 Å². The smallest absolute Gasteiger partial charge is 0.285 e. The molecule has 5 heteroatoms. The Morgan fingerprint density at radius 3 is 2.12 bits per heavy atom. The molecular weight excluding hydrogens is 219 g/mol. The first-order valence-electron chi connectivity index (χ1n) is 4.91. The highest BCUT2D eigenvalue weighted by atomic mass is 19.4. The molecule has 1 aromatic rings. The monoisotopic (exact) mass is 234 g/mol. The number of hydrogen-bond donors (Lipinski definition) is 1. The average Bonchev–Trinajstić information content (AvgIpc) is 1.97. The van der Waals surface area contributed by atoms with E-state index < -0.39 is 11.9 Å². The fourth-order valence-corrected chi connectivity index (χ4v) is 1.47. The maximum Gasteiger partial charge on any atom is 0.482 e. The van der Waals surface area contributed by atoms with Crippen LogP contribution in [0.2, 0.25) is 0 Å². The predicted molar refractivity (Wildman–Crippen MR) is 52.0 cm³/mol. The lowest BCUT2D eigenvalue weighted by atomic mass is 9.89. The van der Waals surface area contributed by atoms with Gasteiger partial charge in [0.2, 0.25) is 6.20 Å². The molecule has 16 heavy (non-hydrogen) atoms. The molecule has 0 atom stereocenters. The van der Waals surface area contributed by atoms with Crippen molar-refractivity contribution in [2.24, 2.45) is 5.41 Å². The summed E-state index contributed by atoms with van der Waals surface area (Å²) in [6.07, 6.45) is -2.82. The standard InChI is InChI=1S/C11H15F3NO/c1-10(2,3)6-8-4-5-9(11(12,13)14)15(16)7-8/h4-5,7,16H,6H2,1-3H3/q+1. The first-order chi connectivity index (χ1) is 7.09. The number of halogens is 3. The summed E-state index contributed by atoms with van der Waals surface area (Å²) in [6.45, 7) is 5.94. The third-order valence-corrected chi connectivity index (χ3v) is 2.02. The zero-order chi connectivity index (χ0) is 12.6. The van der Waals surface area contributed by atoms with Crippen LogP contribution >= 0.6 is 0 Å². The Morgan fingerprint density at radius 2 is 1.75 bits per heavy atom. The molecule has 0 saturated carbocycles. The van der Waals surface area contributed by atoms with Gasteiger partial charge >= 0.3 is 11.9 Å². The molecular formula is C11H15F3NO+. The fourth-order valence-electron chi connectivity index (χ4n) is 1.47. The van der Waals surface area contributed by atoms with Crippen LogP contribution in [0.4, 0.5) is 13.2 Å². The lowest BCUT2D eigenvalue weighted by molar-refractivity contribution is -0.915. The second-order valence-electron chi connectivity index (χ2n) is 5.00. The van der Waals surface area contributed by atoms with E-state index in [-0.39, 0.29) is 10.1 Å². The van der Waals surface area contributed by atoms with Crippen molar-refractivity contribution in [3.8, 4) is 0 Å². The molecule has 0 unspecified atom stereocenters. The molecule has 0 aromatic carbocycles. The van der Waals surface area contributed by atoms with Crippen LogP contribution in [0, 0.1) is 5.41 Å². The van der Waals surface area contributed by atoms with Crippen LogP contribution in [0.25, 0.3) is 0 Å². The van der Waals surface area contributed by atoms with Crippen molar-refractivity contribution in [3.05, 3.63) is 29.6 Å². The number of hydrogen-bond acceptors (Lipinski definition) is 1. The van der Waals surface area contributed by atoms with Gasteiger partial charge in [0, 0.05) is 16.4 Å². The fraction of sp³-hybridized carbons (Fsp3) is 0.545. The third kappa shape index (κ3) is 3.40. The van der Waals surface area contributed by atoms with Gasteiger partial charge in [-0.25, -0.2) is 0 Å². The molecule has 0 aliphatic carbocycles. The van der Waals surface area contributed by atoms with E-state index in [4.69, 9.17) is 0 Å². The number of alkyl halides is 3. The molecule has 0 radical (unpaired) electrons. The summed E-state index contributed by atoms with van der Waals surface area (Å²) in [4.78, 5) is 0. The summed E-state index contributed by atoms with van der Waals surface area (Å²) in [5.74, 6) is 0. The molecule has 0 saturated heterocycles. The quantitative estimate of drug-likeness (QED) is 0.586. The minimum atomic E-state index is -4.53. The molecule has 1 heterocycles. The van der Waals surface area contributed by atoms with Crippen molar-refractivity contribution in [2.45, 2.75) is 33.4 Å². The van der Waals surface area contributed by atoms with Crippen LogP contribution in [-0.2, 0) is 12.6 Å².